The number of carbonyl (C=O) groups is 1. The maximum absolute atomic E-state index is 11.9. The molecule has 0 aromatic carbocycles. The summed E-state index contributed by atoms with van der Waals surface area (Å²) in [6.45, 7) is 9.29. The molecule has 0 unspecified atom stereocenters. The average molecular weight is 242 g/mol. The highest BCUT2D eigenvalue weighted by atomic mass is 16.5. The van der Waals surface area contributed by atoms with Gasteiger partial charge < -0.3 is 14.5 Å². The minimum atomic E-state index is 0.268. The second-order valence-corrected chi connectivity index (χ2v) is 5.23. The average Bonchev–Trinajstić information content (AvgIpc) is 2.34. The van der Waals surface area contributed by atoms with Crippen molar-refractivity contribution in [2.24, 2.45) is 5.92 Å². The van der Waals surface area contributed by atoms with Crippen LogP contribution in [-0.4, -0.2) is 62.1 Å². The third-order valence-corrected chi connectivity index (χ3v) is 3.16. The first-order chi connectivity index (χ1) is 8.09. The fourth-order valence-corrected chi connectivity index (χ4v) is 1.85. The van der Waals surface area contributed by atoms with E-state index in [2.05, 4.69) is 25.8 Å². The third-order valence-electron chi connectivity index (χ3n) is 3.16. The summed E-state index contributed by atoms with van der Waals surface area (Å²) in [5.41, 5.74) is 0. The predicted molar refractivity (Wildman–Crippen MR) is 69.0 cm³/mol. The summed E-state index contributed by atoms with van der Waals surface area (Å²) in [5.74, 6) is 0.997. The van der Waals surface area contributed by atoms with Crippen molar-refractivity contribution in [2.75, 3.05) is 46.4 Å². The number of morpholine rings is 1. The van der Waals surface area contributed by atoms with Crippen LogP contribution in [0, 0.1) is 5.92 Å². The van der Waals surface area contributed by atoms with E-state index in [-0.39, 0.29) is 5.91 Å². The Morgan fingerprint density at radius 2 is 1.94 bits per heavy atom. The lowest BCUT2D eigenvalue weighted by Crippen LogP contribution is -2.41. The topological polar surface area (TPSA) is 32.8 Å². The molecular weight excluding hydrogens is 216 g/mol. The molecule has 0 atom stereocenters. The number of amides is 1. The molecular formula is C13H26N2O2. The Morgan fingerprint density at radius 3 is 2.53 bits per heavy atom. The lowest BCUT2D eigenvalue weighted by Gasteiger charge is -2.27. The van der Waals surface area contributed by atoms with E-state index in [1.54, 1.807) is 0 Å². The third kappa shape index (κ3) is 6.03. The summed E-state index contributed by atoms with van der Waals surface area (Å²) >= 11 is 0. The van der Waals surface area contributed by atoms with Gasteiger partial charge in [-0.15, -0.1) is 0 Å². The summed E-state index contributed by atoms with van der Waals surface area (Å²) in [5, 5.41) is 0. The molecule has 4 nitrogen and oxygen atoms in total. The molecule has 0 bridgehead atoms. The normalized spacial score (nSPS) is 16.9. The first kappa shape index (κ1) is 14.5. The number of hydrogen-bond donors (Lipinski definition) is 0. The Labute approximate surface area is 105 Å². The van der Waals surface area contributed by atoms with Crippen molar-refractivity contribution in [1.82, 2.24) is 9.80 Å². The minimum absolute atomic E-state index is 0.268. The van der Waals surface area contributed by atoms with Gasteiger partial charge in [-0.25, -0.2) is 0 Å². The van der Waals surface area contributed by atoms with Gasteiger partial charge in [-0.3, -0.25) is 4.79 Å². The smallest absolute Gasteiger partial charge is 0.224 e. The molecule has 0 aromatic rings. The molecule has 1 saturated heterocycles. The van der Waals surface area contributed by atoms with Crippen LogP contribution in [-0.2, 0) is 9.53 Å². The molecule has 1 heterocycles. The summed E-state index contributed by atoms with van der Waals surface area (Å²) in [6.07, 6.45) is 1.83. The lowest BCUT2D eigenvalue weighted by molar-refractivity contribution is -0.135. The van der Waals surface area contributed by atoms with Gasteiger partial charge in [0.25, 0.3) is 0 Å². The Hall–Kier alpha value is -0.610. The molecule has 100 valence electrons. The lowest BCUT2D eigenvalue weighted by atomic mass is 10.1. The van der Waals surface area contributed by atoms with Crippen molar-refractivity contribution in [2.45, 2.75) is 26.7 Å². The molecule has 0 aromatic heterocycles. The number of hydrogen-bond acceptors (Lipinski definition) is 3. The molecule has 1 fully saturated rings. The molecule has 17 heavy (non-hydrogen) atoms. The highest BCUT2D eigenvalue weighted by Gasteiger charge is 2.16. The molecule has 1 aliphatic rings. The van der Waals surface area contributed by atoms with Crippen molar-refractivity contribution in [1.29, 1.82) is 0 Å². The van der Waals surface area contributed by atoms with E-state index in [1.165, 1.54) is 6.42 Å². The highest BCUT2D eigenvalue weighted by Crippen LogP contribution is 2.03. The van der Waals surface area contributed by atoms with E-state index in [0.717, 1.165) is 32.1 Å². The van der Waals surface area contributed by atoms with Crippen molar-refractivity contribution in [3.63, 3.8) is 0 Å². The van der Waals surface area contributed by atoms with E-state index < -0.39 is 0 Å². The molecule has 1 rings (SSSR count). The SMILES string of the molecule is CC(C)CCN(C)CCC(=O)N1CCOCC1. The summed E-state index contributed by atoms with van der Waals surface area (Å²) in [7, 11) is 2.09. The largest absolute Gasteiger partial charge is 0.378 e. The molecule has 0 saturated carbocycles. The molecule has 4 heteroatoms. The second kappa shape index (κ2) is 7.67. The van der Waals surface area contributed by atoms with Crippen LogP contribution in [0.2, 0.25) is 0 Å². The van der Waals surface area contributed by atoms with E-state index in [0.29, 0.717) is 19.6 Å². The summed E-state index contributed by atoms with van der Waals surface area (Å²) in [6, 6.07) is 0. The molecule has 0 radical (unpaired) electrons. The van der Waals surface area contributed by atoms with Crippen LogP contribution in [0.1, 0.15) is 26.7 Å². The highest BCUT2D eigenvalue weighted by molar-refractivity contribution is 5.76. The molecule has 0 N–H and O–H groups in total. The summed E-state index contributed by atoms with van der Waals surface area (Å²) in [4.78, 5) is 16.0. The Balaban J connectivity index is 2.13. The van der Waals surface area contributed by atoms with Gasteiger partial charge in [0.2, 0.25) is 5.91 Å². The number of ether oxygens (including phenoxy) is 1. The maximum Gasteiger partial charge on any atom is 0.224 e. The zero-order valence-electron chi connectivity index (χ0n) is 11.4. The van der Waals surface area contributed by atoms with Crippen molar-refractivity contribution in [3.05, 3.63) is 0 Å². The van der Waals surface area contributed by atoms with Gasteiger partial charge in [0.1, 0.15) is 0 Å². The second-order valence-electron chi connectivity index (χ2n) is 5.23. The van der Waals surface area contributed by atoms with Crippen molar-refractivity contribution >= 4 is 5.91 Å². The summed E-state index contributed by atoms with van der Waals surface area (Å²) < 4.78 is 5.24. The van der Waals surface area contributed by atoms with Gasteiger partial charge in [0.15, 0.2) is 0 Å². The van der Waals surface area contributed by atoms with Crippen LogP contribution in [0.25, 0.3) is 0 Å². The van der Waals surface area contributed by atoms with Crippen LogP contribution in [0.15, 0.2) is 0 Å². The minimum Gasteiger partial charge on any atom is -0.378 e. The Kier molecular flexibility index (Phi) is 6.52. The molecule has 1 aliphatic heterocycles. The fraction of sp³-hybridized carbons (Fsp3) is 0.923. The first-order valence-electron chi connectivity index (χ1n) is 6.63. The van der Waals surface area contributed by atoms with Gasteiger partial charge in [0, 0.05) is 26.1 Å². The quantitative estimate of drug-likeness (QED) is 0.702. The Bertz CT molecular complexity index is 225. The number of carbonyl (C=O) groups excluding carboxylic acids is 1. The van der Waals surface area contributed by atoms with Crippen molar-refractivity contribution in [3.8, 4) is 0 Å². The zero-order chi connectivity index (χ0) is 12.7. The van der Waals surface area contributed by atoms with E-state index in [9.17, 15) is 4.79 Å². The fourth-order valence-electron chi connectivity index (χ4n) is 1.85. The van der Waals surface area contributed by atoms with E-state index in [4.69, 9.17) is 4.74 Å². The van der Waals surface area contributed by atoms with Gasteiger partial charge in [-0.1, -0.05) is 13.8 Å². The number of nitrogens with zero attached hydrogens (tertiary/aromatic N) is 2. The molecule has 0 aliphatic carbocycles. The van der Waals surface area contributed by atoms with Gasteiger partial charge in [-0.2, -0.15) is 0 Å². The van der Waals surface area contributed by atoms with E-state index in [1.807, 2.05) is 4.90 Å². The van der Waals surface area contributed by atoms with Gasteiger partial charge in [-0.05, 0) is 25.9 Å². The maximum atomic E-state index is 11.9. The monoisotopic (exact) mass is 242 g/mol. The first-order valence-corrected chi connectivity index (χ1v) is 6.63. The zero-order valence-corrected chi connectivity index (χ0v) is 11.4. The molecule has 1 amide bonds. The van der Waals surface area contributed by atoms with Crippen LogP contribution in [0.4, 0.5) is 0 Å². The van der Waals surface area contributed by atoms with Crippen molar-refractivity contribution < 1.29 is 9.53 Å². The number of rotatable bonds is 6. The van der Waals surface area contributed by atoms with Crippen LogP contribution in [0.5, 0.6) is 0 Å². The van der Waals surface area contributed by atoms with E-state index >= 15 is 0 Å². The van der Waals surface area contributed by atoms with Gasteiger partial charge >= 0.3 is 0 Å². The van der Waals surface area contributed by atoms with Gasteiger partial charge in [0.05, 0.1) is 13.2 Å². The Morgan fingerprint density at radius 1 is 1.29 bits per heavy atom. The molecule has 0 spiro atoms. The van der Waals surface area contributed by atoms with Crippen LogP contribution in [0.3, 0.4) is 0 Å². The predicted octanol–water partition coefficient (Wildman–Crippen LogP) is 1.21. The standard InChI is InChI=1S/C13H26N2O2/c1-12(2)4-6-14(3)7-5-13(16)15-8-10-17-11-9-15/h12H,4-11H2,1-3H3. The van der Waals surface area contributed by atoms with Crippen LogP contribution < -0.4 is 0 Å². The van der Waals surface area contributed by atoms with Crippen LogP contribution >= 0.6 is 0 Å².